The SMILES string of the molecule is O=C(NCc1ccnc(N2CCOCC2)c1)Nc1ccc(OC(F)(F)F)cc1. The summed E-state index contributed by atoms with van der Waals surface area (Å²) in [6, 6.07) is 8.12. The Morgan fingerprint density at radius 2 is 1.89 bits per heavy atom. The van der Waals surface area contributed by atoms with Crippen LogP contribution in [0.4, 0.5) is 29.5 Å². The number of hydrogen-bond acceptors (Lipinski definition) is 5. The quantitative estimate of drug-likeness (QED) is 0.812. The summed E-state index contributed by atoms with van der Waals surface area (Å²) in [5.41, 5.74) is 1.22. The molecule has 7 nitrogen and oxygen atoms in total. The number of urea groups is 1. The van der Waals surface area contributed by atoms with Crippen molar-refractivity contribution in [3.63, 3.8) is 0 Å². The van der Waals surface area contributed by atoms with E-state index in [0.717, 1.165) is 36.6 Å². The molecule has 0 spiro atoms. The maximum absolute atomic E-state index is 12.1. The van der Waals surface area contributed by atoms with Gasteiger partial charge in [-0.2, -0.15) is 0 Å². The van der Waals surface area contributed by atoms with Gasteiger partial charge >= 0.3 is 12.4 Å². The van der Waals surface area contributed by atoms with Gasteiger partial charge in [-0.3, -0.25) is 0 Å². The lowest BCUT2D eigenvalue weighted by Gasteiger charge is -2.28. The molecule has 1 saturated heterocycles. The minimum atomic E-state index is -4.75. The van der Waals surface area contributed by atoms with Gasteiger partial charge in [0.2, 0.25) is 0 Å². The zero-order valence-electron chi connectivity index (χ0n) is 14.8. The third-order valence-electron chi connectivity index (χ3n) is 3.94. The minimum Gasteiger partial charge on any atom is -0.406 e. The fourth-order valence-corrected chi connectivity index (χ4v) is 2.63. The molecule has 1 aliphatic rings. The van der Waals surface area contributed by atoms with E-state index in [2.05, 4.69) is 25.3 Å². The van der Waals surface area contributed by atoms with Gasteiger partial charge in [0.25, 0.3) is 0 Å². The number of nitrogens with zero attached hydrogens (tertiary/aromatic N) is 2. The van der Waals surface area contributed by atoms with Crippen molar-refractivity contribution in [3.05, 3.63) is 48.2 Å². The van der Waals surface area contributed by atoms with Crippen molar-refractivity contribution in [1.82, 2.24) is 10.3 Å². The highest BCUT2D eigenvalue weighted by Gasteiger charge is 2.30. The maximum Gasteiger partial charge on any atom is 0.573 e. The molecule has 3 rings (SSSR count). The summed E-state index contributed by atoms with van der Waals surface area (Å²) in [4.78, 5) is 18.5. The first kappa shape index (κ1) is 19.7. The number of alkyl halides is 3. The molecule has 2 N–H and O–H groups in total. The number of benzene rings is 1. The Balaban J connectivity index is 1.50. The molecule has 0 saturated carbocycles. The van der Waals surface area contributed by atoms with Gasteiger partial charge in [0, 0.05) is 31.5 Å². The summed E-state index contributed by atoms with van der Waals surface area (Å²) in [5, 5.41) is 5.25. The predicted molar refractivity (Wildman–Crippen MR) is 96.3 cm³/mol. The van der Waals surface area contributed by atoms with E-state index in [-0.39, 0.29) is 12.3 Å². The number of aromatic nitrogens is 1. The number of amides is 2. The van der Waals surface area contributed by atoms with Crippen LogP contribution in [0.2, 0.25) is 0 Å². The Labute approximate surface area is 159 Å². The molecule has 150 valence electrons. The number of hydrogen-bond donors (Lipinski definition) is 2. The molecule has 1 aromatic carbocycles. The van der Waals surface area contributed by atoms with Crippen LogP contribution < -0.4 is 20.3 Å². The fraction of sp³-hybridized carbons (Fsp3) is 0.333. The fourth-order valence-electron chi connectivity index (χ4n) is 2.63. The first-order valence-corrected chi connectivity index (χ1v) is 8.57. The molecule has 0 atom stereocenters. The van der Waals surface area contributed by atoms with Gasteiger partial charge < -0.3 is 25.0 Å². The van der Waals surface area contributed by atoms with Crippen LogP contribution in [-0.2, 0) is 11.3 Å². The Kier molecular flexibility index (Phi) is 6.19. The number of morpholine rings is 1. The van der Waals surface area contributed by atoms with E-state index in [0.29, 0.717) is 18.9 Å². The second kappa shape index (κ2) is 8.79. The molecule has 2 heterocycles. The standard InChI is InChI=1S/C18H19F3N4O3/c19-18(20,21)28-15-3-1-14(2-4-15)24-17(26)23-12-13-5-6-22-16(11-13)25-7-9-27-10-8-25/h1-6,11H,7-10,12H2,(H2,23,24,26). The minimum absolute atomic E-state index is 0.279. The molecule has 28 heavy (non-hydrogen) atoms. The van der Waals surface area contributed by atoms with Crippen molar-refractivity contribution < 1.29 is 27.4 Å². The van der Waals surface area contributed by atoms with Gasteiger partial charge in [0.1, 0.15) is 11.6 Å². The van der Waals surface area contributed by atoms with Crippen molar-refractivity contribution in [1.29, 1.82) is 0 Å². The van der Waals surface area contributed by atoms with Crippen LogP contribution in [-0.4, -0.2) is 43.7 Å². The number of anilines is 2. The molecule has 0 aliphatic carbocycles. The maximum atomic E-state index is 12.1. The number of pyridine rings is 1. The zero-order chi connectivity index (χ0) is 20.0. The van der Waals surface area contributed by atoms with E-state index in [4.69, 9.17) is 4.74 Å². The molecule has 0 unspecified atom stereocenters. The Bertz CT molecular complexity index is 793. The number of halogens is 3. The Morgan fingerprint density at radius 1 is 1.18 bits per heavy atom. The highest BCUT2D eigenvalue weighted by Crippen LogP contribution is 2.24. The Morgan fingerprint density at radius 3 is 2.57 bits per heavy atom. The van der Waals surface area contributed by atoms with Crippen molar-refractivity contribution in [2.24, 2.45) is 0 Å². The van der Waals surface area contributed by atoms with Crippen LogP contribution in [0.1, 0.15) is 5.56 Å². The summed E-state index contributed by atoms with van der Waals surface area (Å²) in [6.07, 6.45) is -3.07. The van der Waals surface area contributed by atoms with Crippen molar-refractivity contribution in [2.75, 3.05) is 36.5 Å². The lowest BCUT2D eigenvalue weighted by molar-refractivity contribution is -0.274. The number of carbonyl (C=O) groups is 1. The second-order valence-corrected chi connectivity index (χ2v) is 6.00. The molecule has 1 fully saturated rings. The van der Waals surface area contributed by atoms with Crippen molar-refractivity contribution >= 4 is 17.5 Å². The highest BCUT2D eigenvalue weighted by atomic mass is 19.4. The van der Waals surface area contributed by atoms with E-state index in [1.165, 1.54) is 12.1 Å². The van der Waals surface area contributed by atoms with Crippen LogP contribution >= 0.6 is 0 Å². The average molecular weight is 396 g/mol. The largest absolute Gasteiger partial charge is 0.573 e. The number of nitrogens with one attached hydrogen (secondary N) is 2. The van der Waals surface area contributed by atoms with E-state index >= 15 is 0 Å². The third kappa shape index (κ3) is 6.02. The first-order valence-electron chi connectivity index (χ1n) is 8.57. The number of ether oxygens (including phenoxy) is 2. The van der Waals surface area contributed by atoms with Gasteiger partial charge in [-0.1, -0.05) is 0 Å². The third-order valence-corrected chi connectivity index (χ3v) is 3.94. The molecule has 10 heteroatoms. The summed E-state index contributed by atoms with van der Waals surface area (Å²) >= 11 is 0. The summed E-state index contributed by atoms with van der Waals surface area (Å²) in [6.45, 7) is 3.11. The van der Waals surface area contributed by atoms with Crippen LogP contribution in [0.15, 0.2) is 42.6 Å². The van der Waals surface area contributed by atoms with Crippen LogP contribution in [0.25, 0.3) is 0 Å². The normalized spacial score (nSPS) is 14.5. The smallest absolute Gasteiger partial charge is 0.406 e. The van der Waals surface area contributed by atoms with E-state index in [1.807, 2.05) is 6.07 Å². The zero-order valence-corrected chi connectivity index (χ0v) is 14.8. The molecule has 2 aromatic rings. The number of rotatable bonds is 5. The molecule has 1 aliphatic heterocycles. The lowest BCUT2D eigenvalue weighted by atomic mass is 10.2. The summed E-state index contributed by atoms with van der Waals surface area (Å²) in [5.74, 6) is 0.467. The van der Waals surface area contributed by atoms with Gasteiger partial charge in [0.05, 0.1) is 13.2 Å². The van der Waals surface area contributed by atoms with E-state index < -0.39 is 12.4 Å². The summed E-state index contributed by atoms with van der Waals surface area (Å²) in [7, 11) is 0. The molecule has 0 radical (unpaired) electrons. The molecular weight excluding hydrogens is 377 g/mol. The molecule has 1 aromatic heterocycles. The number of carbonyl (C=O) groups excluding carboxylic acids is 1. The summed E-state index contributed by atoms with van der Waals surface area (Å²) < 4.78 is 45.5. The van der Waals surface area contributed by atoms with Crippen LogP contribution in [0, 0.1) is 0 Å². The lowest BCUT2D eigenvalue weighted by Crippen LogP contribution is -2.36. The first-order chi connectivity index (χ1) is 13.4. The second-order valence-electron chi connectivity index (χ2n) is 6.00. The molecule has 0 bridgehead atoms. The van der Waals surface area contributed by atoms with Crippen molar-refractivity contribution in [3.8, 4) is 5.75 Å². The van der Waals surface area contributed by atoms with Crippen LogP contribution in [0.5, 0.6) is 5.75 Å². The van der Waals surface area contributed by atoms with Gasteiger partial charge in [-0.25, -0.2) is 9.78 Å². The van der Waals surface area contributed by atoms with E-state index in [1.54, 1.807) is 12.3 Å². The highest BCUT2D eigenvalue weighted by molar-refractivity contribution is 5.89. The van der Waals surface area contributed by atoms with Crippen LogP contribution in [0.3, 0.4) is 0 Å². The Hall–Kier alpha value is -3.01. The predicted octanol–water partition coefficient (Wildman–Crippen LogP) is 3.14. The van der Waals surface area contributed by atoms with Gasteiger partial charge in [-0.15, -0.1) is 13.2 Å². The van der Waals surface area contributed by atoms with Gasteiger partial charge in [0.15, 0.2) is 0 Å². The molecule has 2 amide bonds. The van der Waals surface area contributed by atoms with E-state index in [9.17, 15) is 18.0 Å². The monoisotopic (exact) mass is 396 g/mol. The van der Waals surface area contributed by atoms with Gasteiger partial charge in [-0.05, 0) is 42.0 Å². The topological polar surface area (TPSA) is 75.7 Å². The van der Waals surface area contributed by atoms with Crippen molar-refractivity contribution in [2.45, 2.75) is 12.9 Å². The average Bonchev–Trinajstić information content (AvgIpc) is 2.68. The molecular formula is C18H19F3N4O3.